The Morgan fingerprint density at radius 3 is 2.77 bits per heavy atom. The minimum atomic E-state index is -0.281. The average molecular weight is 606 g/mol. The number of aromatic hydroxyl groups is 1. The van der Waals surface area contributed by atoms with E-state index in [1.807, 2.05) is 21.8 Å². The standard InChI is InChI=1S/C34H47N5O5/c1-5-7-25(4)38(17-16-35-15-12-27-10-11-30(40)33-34(27)44-23-31(41)37-33)32(42)14-19-43-18-13-26-8-6-9-28(20-26)29-21-36-39(22-29)24(2)3/h6,8-11,20-22,24-25,35,40H,5,7,12-19,23H2,1-4H3,(H,37,41). The summed E-state index contributed by atoms with van der Waals surface area (Å²) in [6.07, 6.45) is 7.73. The van der Waals surface area contributed by atoms with Gasteiger partial charge in [-0.1, -0.05) is 43.7 Å². The number of nitrogens with zero attached hydrogens (tertiary/aromatic N) is 3. The van der Waals surface area contributed by atoms with Crippen LogP contribution in [0, 0.1) is 0 Å². The minimum Gasteiger partial charge on any atom is -0.506 e. The monoisotopic (exact) mass is 605 g/mol. The number of hydrogen-bond donors (Lipinski definition) is 3. The van der Waals surface area contributed by atoms with E-state index >= 15 is 0 Å². The van der Waals surface area contributed by atoms with Gasteiger partial charge < -0.3 is 30.1 Å². The number of ether oxygens (including phenoxy) is 2. The Balaban J connectivity index is 1.19. The Bertz CT molecular complexity index is 1390. The molecule has 0 radical (unpaired) electrons. The third-order valence-electron chi connectivity index (χ3n) is 7.87. The topological polar surface area (TPSA) is 118 Å². The number of anilines is 1. The van der Waals surface area contributed by atoms with E-state index in [4.69, 9.17) is 9.47 Å². The quantitative estimate of drug-likeness (QED) is 0.147. The molecule has 44 heavy (non-hydrogen) atoms. The van der Waals surface area contributed by atoms with Crippen LogP contribution in [0.25, 0.3) is 11.1 Å². The molecule has 2 heterocycles. The number of rotatable bonds is 17. The lowest BCUT2D eigenvalue weighted by atomic mass is 10.0. The molecule has 10 heteroatoms. The highest BCUT2D eigenvalue weighted by Gasteiger charge is 2.23. The zero-order valence-electron chi connectivity index (χ0n) is 26.5. The molecule has 1 aromatic heterocycles. The SMILES string of the molecule is CCCC(C)N(CCNCCc1ccc(O)c2c1OCC(=O)N2)C(=O)CCOCCc1cccc(-c2cnn(C(C)C)c2)c1. The minimum absolute atomic E-state index is 0.00653. The molecule has 10 nitrogen and oxygen atoms in total. The summed E-state index contributed by atoms with van der Waals surface area (Å²) in [5.74, 6) is 0.337. The molecule has 3 N–H and O–H groups in total. The number of phenols is 1. The first-order valence-electron chi connectivity index (χ1n) is 15.8. The molecular weight excluding hydrogens is 558 g/mol. The number of benzene rings is 2. The van der Waals surface area contributed by atoms with Gasteiger partial charge >= 0.3 is 0 Å². The lowest BCUT2D eigenvalue weighted by Gasteiger charge is -2.29. The van der Waals surface area contributed by atoms with Gasteiger partial charge in [0, 0.05) is 36.9 Å². The number of aromatic nitrogens is 2. The highest BCUT2D eigenvalue weighted by molar-refractivity contribution is 5.97. The van der Waals surface area contributed by atoms with Crippen LogP contribution in [0.15, 0.2) is 48.8 Å². The number of phenolic OH excluding ortho intramolecular Hbond substituents is 1. The Morgan fingerprint density at radius 1 is 1.16 bits per heavy atom. The Kier molecular flexibility index (Phi) is 12.2. The summed E-state index contributed by atoms with van der Waals surface area (Å²) >= 11 is 0. The second-order valence-electron chi connectivity index (χ2n) is 11.6. The van der Waals surface area contributed by atoms with Crippen LogP contribution in [0.3, 0.4) is 0 Å². The maximum atomic E-state index is 13.2. The third-order valence-corrected chi connectivity index (χ3v) is 7.87. The molecule has 4 rings (SSSR count). The molecule has 1 unspecified atom stereocenters. The van der Waals surface area contributed by atoms with E-state index in [1.165, 1.54) is 5.56 Å². The highest BCUT2D eigenvalue weighted by Crippen LogP contribution is 2.39. The van der Waals surface area contributed by atoms with Crippen molar-refractivity contribution in [2.45, 2.75) is 71.9 Å². The number of hydrogen-bond acceptors (Lipinski definition) is 7. The largest absolute Gasteiger partial charge is 0.506 e. The first-order chi connectivity index (χ1) is 21.3. The number of nitrogens with one attached hydrogen (secondary N) is 2. The molecule has 0 aliphatic carbocycles. The fraction of sp³-hybridized carbons (Fsp3) is 0.500. The summed E-state index contributed by atoms with van der Waals surface area (Å²) in [5, 5.41) is 20.6. The van der Waals surface area contributed by atoms with E-state index in [0.717, 1.165) is 36.0 Å². The lowest BCUT2D eigenvalue weighted by molar-refractivity contribution is -0.134. The van der Waals surface area contributed by atoms with E-state index in [9.17, 15) is 14.7 Å². The Labute approximate surface area is 260 Å². The Hall–Kier alpha value is -3.89. The van der Waals surface area contributed by atoms with Gasteiger partial charge in [0.05, 0.1) is 25.8 Å². The van der Waals surface area contributed by atoms with Crippen molar-refractivity contribution in [3.63, 3.8) is 0 Å². The maximum absolute atomic E-state index is 13.2. The van der Waals surface area contributed by atoms with Gasteiger partial charge in [-0.3, -0.25) is 14.3 Å². The second-order valence-corrected chi connectivity index (χ2v) is 11.6. The van der Waals surface area contributed by atoms with Crippen LogP contribution in [0.2, 0.25) is 0 Å². The van der Waals surface area contributed by atoms with Gasteiger partial charge in [0.2, 0.25) is 5.91 Å². The zero-order chi connectivity index (χ0) is 31.5. The molecule has 1 atom stereocenters. The van der Waals surface area contributed by atoms with Crippen molar-refractivity contribution in [3.8, 4) is 22.6 Å². The van der Waals surface area contributed by atoms with Crippen LogP contribution in [0.4, 0.5) is 5.69 Å². The van der Waals surface area contributed by atoms with E-state index < -0.39 is 0 Å². The van der Waals surface area contributed by atoms with Crippen LogP contribution in [0.1, 0.15) is 64.1 Å². The van der Waals surface area contributed by atoms with Gasteiger partial charge in [0.15, 0.2) is 12.4 Å². The molecule has 2 amide bonds. The molecular formula is C34H47N5O5. The number of amides is 2. The molecule has 238 valence electrons. The second kappa shape index (κ2) is 16.3. The summed E-state index contributed by atoms with van der Waals surface area (Å²) in [6.45, 7) is 11.3. The van der Waals surface area contributed by atoms with Gasteiger partial charge in [0.25, 0.3) is 5.91 Å². The van der Waals surface area contributed by atoms with E-state index in [1.54, 1.807) is 6.07 Å². The molecule has 0 saturated carbocycles. The van der Waals surface area contributed by atoms with E-state index in [0.29, 0.717) is 63.2 Å². The third kappa shape index (κ3) is 9.06. The Morgan fingerprint density at radius 2 is 2.00 bits per heavy atom. The van der Waals surface area contributed by atoms with E-state index in [-0.39, 0.29) is 30.2 Å². The van der Waals surface area contributed by atoms with Crippen molar-refractivity contribution in [1.29, 1.82) is 0 Å². The summed E-state index contributed by atoms with van der Waals surface area (Å²) < 4.78 is 13.4. The van der Waals surface area contributed by atoms with Crippen LogP contribution >= 0.6 is 0 Å². The summed E-state index contributed by atoms with van der Waals surface area (Å²) in [6, 6.07) is 12.3. The van der Waals surface area contributed by atoms with Gasteiger partial charge in [-0.25, -0.2) is 0 Å². The van der Waals surface area contributed by atoms with Crippen molar-refractivity contribution in [3.05, 3.63) is 59.9 Å². The molecule has 0 spiro atoms. The van der Waals surface area contributed by atoms with E-state index in [2.05, 4.69) is 73.9 Å². The van der Waals surface area contributed by atoms with Crippen molar-refractivity contribution < 1.29 is 24.2 Å². The van der Waals surface area contributed by atoms with Gasteiger partial charge in [0.1, 0.15) is 11.4 Å². The van der Waals surface area contributed by atoms with Crippen LogP contribution < -0.4 is 15.4 Å². The predicted molar refractivity (Wildman–Crippen MR) is 172 cm³/mol. The summed E-state index contributed by atoms with van der Waals surface area (Å²) in [5.41, 5.74) is 4.67. The van der Waals surface area contributed by atoms with Crippen molar-refractivity contribution in [2.24, 2.45) is 0 Å². The lowest BCUT2D eigenvalue weighted by Crippen LogP contribution is -2.43. The first kappa shape index (κ1) is 33.0. The van der Waals surface area contributed by atoms with Crippen molar-refractivity contribution >= 4 is 17.5 Å². The van der Waals surface area contributed by atoms with Crippen molar-refractivity contribution in [1.82, 2.24) is 20.0 Å². The number of carbonyl (C=O) groups is 2. The molecule has 0 fully saturated rings. The van der Waals surface area contributed by atoms with Gasteiger partial charge in [-0.05, 0) is 69.3 Å². The molecule has 3 aromatic rings. The molecule has 1 aliphatic heterocycles. The summed E-state index contributed by atoms with van der Waals surface area (Å²) in [7, 11) is 0. The number of fused-ring (bicyclic) bond motifs is 1. The zero-order valence-corrected chi connectivity index (χ0v) is 26.5. The smallest absolute Gasteiger partial charge is 0.262 e. The average Bonchev–Trinajstić information content (AvgIpc) is 3.51. The summed E-state index contributed by atoms with van der Waals surface area (Å²) in [4.78, 5) is 26.8. The van der Waals surface area contributed by atoms with Crippen LogP contribution in [-0.4, -0.2) is 77.1 Å². The maximum Gasteiger partial charge on any atom is 0.262 e. The molecule has 1 aliphatic rings. The fourth-order valence-corrected chi connectivity index (χ4v) is 5.39. The molecule has 0 saturated heterocycles. The first-order valence-corrected chi connectivity index (χ1v) is 15.8. The molecule has 0 bridgehead atoms. The van der Waals surface area contributed by atoms with Gasteiger partial charge in [-0.2, -0.15) is 5.10 Å². The fourth-order valence-electron chi connectivity index (χ4n) is 5.39. The normalized spacial score (nSPS) is 13.3. The predicted octanol–water partition coefficient (Wildman–Crippen LogP) is 4.97. The van der Waals surface area contributed by atoms with Crippen molar-refractivity contribution in [2.75, 3.05) is 44.8 Å². The molecule has 2 aromatic carbocycles. The highest BCUT2D eigenvalue weighted by atomic mass is 16.5. The van der Waals surface area contributed by atoms with Crippen LogP contribution in [0.5, 0.6) is 11.5 Å². The van der Waals surface area contributed by atoms with Crippen LogP contribution in [-0.2, 0) is 27.2 Å². The number of carbonyl (C=O) groups excluding carboxylic acids is 2. The van der Waals surface area contributed by atoms with Gasteiger partial charge in [-0.15, -0.1) is 0 Å².